The fourth-order valence-electron chi connectivity index (χ4n) is 2.11. The SMILES string of the molecule is CC(C)N(O)c1nc(NCCc2ccccc2F)nc(N(O)C(C)C)n1. The molecule has 0 unspecified atom stereocenters. The number of rotatable bonds is 8. The first-order chi connectivity index (χ1) is 12.3. The lowest BCUT2D eigenvalue weighted by Crippen LogP contribution is -2.32. The van der Waals surface area contributed by atoms with Crippen LogP contribution in [0.1, 0.15) is 33.3 Å². The van der Waals surface area contributed by atoms with E-state index in [-0.39, 0.29) is 35.7 Å². The van der Waals surface area contributed by atoms with Crippen LogP contribution in [0.25, 0.3) is 0 Å². The third kappa shape index (κ3) is 4.99. The molecule has 1 heterocycles. The van der Waals surface area contributed by atoms with Crippen molar-refractivity contribution in [3.8, 4) is 0 Å². The van der Waals surface area contributed by atoms with E-state index in [0.29, 0.717) is 18.5 Å². The highest BCUT2D eigenvalue weighted by Gasteiger charge is 2.18. The molecule has 0 atom stereocenters. The Morgan fingerprint density at radius 3 is 2.00 bits per heavy atom. The molecule has 2 aromatic rings. The Hall–Kier alpha value is -2.52. The summed E-state index contributed by atoms with van der Waals surface area (Å²) in [4.78, 5) is 12.4. The maximum atomic E-state index is 13.7. The summed E-state index contributed by atoms with van der Waals surface area (Å²) in [6, 6.07) is 6.01. The smallest absolute Gasteiger partial charge is 0.256 e. The average molecular weight is 364 g/mol. The first-order valence-electron chi connectivity index (χ1n) is 8.49. The molecule has 0 bridgehead atoms. The van der Waals surface area contributed by atoms with E-state index in [0.717, 1.165) is 10.1 Å². The van der Waals surface area contributed by atoms with Gasteiger partial charge in [0.2, 0.25) is 5.95 Å². The molecular weight excluding hydrogens is 339 g/mol. The zero-order valence-corrected chi connectivity index (χ0v) is 15.4. The highest BCUT2D eigenvalue weighted by Crippen LogP contribution is 2.18. The van der Waals surface area contributed by atoms with Gasteiger partial charge in [-0.25, -0.2) is 14.5 Å². The molecule has 9 heteroatoms. The van der Waals surface area contributed by atoms with Crippen molar-refractivity contribution >= 4 is 17.8 Å². The molecule has 0 aliphatic carbocycles. The van der Waals surface area contributed by atoms with Crippen molar-refractivity contribution in [3.05, 3.63) is 35.6 Å². The minimum Gasteiger partial charge on any atom is -0.354 e. The third-order valence-electron chi connectivity index (χ3n) is 3.64. The van der Waals surface area contributed by atoms with Gasteiger partial charge in [0.1, 0.15) is 5.82 Å². The van der Waals surface area contributed by atoms with Gasteiger partial charge in [-0.05, 0) is 45.7 Å². The van der Waals surface area contributed by atoms with Gasteiger partial charge in [-0.15, -0.1) is 0 Å². The van der Waals surface area contributed by atoms with Crippen LogP contribution in [0.5, 0.6) is 0 Å². The fourth-order valence-corrected chi connectivity index (χ4v) is 2.11. The molecule has 0 spiro atoms. The lowest BCUT2D eigenvalue weighted by molar-refractivity contribution is 0.214. The van der Waals surface area contributed by atoms with Crippen molar-refractivity contribution in [1.29, 1.82) is 0 Å². The summed E-state index contributed by atoms with van der Waals surface area (Å²) in [5.74, 6) is -0.0640. The summed E-state index contributed by atoms with van der Waals surface area (Å²) in [5.41, 5.74) is 0.575. The molecule has 142 valence electrons. The van der Waals surface area contributed by atoms with Crippen LogP contribution in [0.15, 0.2) is 24.3 Å². The Balaban J connectivity index is 2.19. The Kier molecular flexibility index (Phi) is 6.64. The first kappa shape index (κ1) is 19.8. The van der Waals surface area contributed by atoms with Crippen molar-refractivity contribution in [2.75, 3.05) is 22.0 Å². The molecule has 26 heavy (non-hydrogen) atoms. The standard InChI is InChI=1S/C17H25FN6O2/c1-11(2)23(25)16-20-15(21-17(22-16)24(26)12(3)4)19-10-9-13-7-5-6-8-14(13)18/h5-8,11-12,25-26H,9-10H2,1-4H3,(H,19,20,21,22). The van der Waals surface area contributed by atoms with Crippen LogP contribution in [-0.4, -0.2) is 44.0 Å². The Morgan fingerprint density at radius 2 is 1.50 bits per heavy atom. The number of nitrogens with one attached hydrogen (secondary N) is 1. The van der Waals surface area contributed by atoms with Crippen molar-refractivity contribution < 1.29 is 14.8 Å². The van der Waals surface area contributed by atoms with E-state index in [1.54, 1.807) is 45.9 Å². The lowest BCUT2D eigenvalue weighted by Gasteiger charge is -2.23. The summed E-state index contributed by atoms with van der Waals surface area (Å²) in [7, 11) is 0. The number of halogens is 1. The predicted octanol–water partition coefficient (Wildman–Crippen LogP) is 2.87. The maximum Gasteiger partial charge on any atom is 0.256 e. The van der Waals surface area contributed by atoms with Crippen LogP contribution in [0, 0.1) is 5.82 Å². The number of nitrogens with zero attached hydrogens (tertiary/aromatic N) is 5. The van der Waals surface area contributed by atoms with Gasteiger partial charge in [0.15, 0.2) is 0 Å². The van der Waals surface area contributed by atoms with Crippen LogP contribution >= 0.6 is 0 Å². The minimum atomic E-state index is -0.269. The molecule has 1 aromatic heterocycles. The van der Waals surface area contributed by atoms with Crippen molar-refractivity contribution in [1.82, 2.24) is 15.0 Å². The zero-order valence-electron chi connectivity index (χ0n) is 15.4. The molecule has 0 radical (unpaired) electrons. The quantitative estimate of drug-likeness (QED) is 0.615. The Bertz CT molecular complexity index is 696. The van der Waals surface area contributed by atoms with Gasteiger partial charge < -0.3 is 5.32 Å². The summed E-state index contributed by atoms with van der Waals surface area (Å²) in [6.07, 6.45) is 0.434. The van der Waals surface area contributed by atoms with E-state index < -0.39 is 0 Å². The molecule has 0 aliphatic rings. The van der Waals surface area contributed by atoms with Crippen molar-refractivity contribution in [2.45, 2.75) is 46.2 Å². The Labute approximate surface area is 152 Å². The van der Waals surface area contributed by atoms with E-state index in [4.69, 9.17) is 0 Å². The maximum absolute atomic E-state index is 13.7. The van der Waals surface area contributed by atoms with Gasteiger partial charge in [0, 0.05) is 6.54 Å². The predicted molar refractivity (Wildman–Crippen MR) is 97.2 cm³/mol. The topological polar surface area (TPSA) is 97.6 Å². The molecule has 0 amide bonds. The van der Waals surface area contributed by atoms with Gasteiger partial charge >= 0.3 is 0 Å². The monoisotopic (exact) mass is 364 g/mol. The van der Waals surface area contributed by atoms with E-state index in [2.05, 4.69) is 20.3 Å². The highest BCUT2D eigenvalue weighted by molar-refractivity contribution is 5.43. The summed E-state index contributed by atoms with van der Waals surface area (Å²) >= 11 is 0. The number of aromatic nitrogens is 3. The van der Waals surface area contributed by atoms with E-state index >= 15 is 0 Å². The van der Waals surface area contributed by atoms with Gasteiger partial charge in [-0.2, -0.15) is 15.0 Å². The third-order valence-corrected chi connectivity index (χ3v) is 3.64. The van der Waals surface area contributed by atoms with Crippen molar-refractivity contribution in [2.24, 2.45) is 0 Å². The number of hydrogen-bond donors (Lipinski definition) is 3. The normalized spacial score (nSPS) is 11.1. The van der Waals surface area contributed by atoms with Crippen LogP contribution in [0.4, 0.5) is 22.2 Å². The summed E-state index contributed by atoms with van der Waals surface area (Å²) < 4.78 is 13.7. The first-order valence-corrected chi connectivity index (χ1v) is 8.49. The highest BCUT2D eigenvalue weighted by atomic mass is 19.1. The summed E-state index contributed by atoms with van der Waals surface area (Å²) in [6.45, 7) is 7.47. The Morgan fingerprint density at radius 1 is 0.962 bits per heavy atom. The fraction of sp³-hybridized carbons (Fsp3) is 0.471. The van der Waals surface area contributed by atoms with E-state index in [9.17, 15) is 14.8 Å². The second-order valence-electron chi connectivity index (χ2n) is 6.40. The van der Waals surface area contributed by atoms with Gasteiger partial charge in [-0.3, -0.25) is 10.4 Å². The van der Waals surface area contributed by atoms with Crippen LogP contribution in [0.2, 0.25) is 0 Å². The zero-order chi connectivity index (χ0) is 19.3. The number of hydroxylamine groups is 2. The van der Waals surface area contributed by atoms with Crippen LogP contribution in [0.3, 0.4) is 0 Å². The molecule has 2 rings (SSSR count). The molecule has 1 aromatic carbocycles. The second kappa shape index (κ2) is 8.72. The number of anilines is 3. The largest absolute Gasteiger partial charge is 0.354 e. The number of hydrogen-bond acceptors (Lipinski definition) is 8. The lowest BCUT2D eigenvalue weighted by atomic mass is 10.1. The minimum absolute atomic E-state index is 0.0121. The second-order valence-corrected chi connectivity index (χ2v) is 6.40. The van der Waals surface area contributed by atoms with Gasteiger partial charge in [0.25, 0.3) is 11.9 Å². The molecule has 8 nitrogen and oxygen atoms in total. The molecule has 0 saturated carbocycles. The van der Waals surface area contributed by atoms with E-state index in [1.807, 2.05) is 0 Å². The van der Waals surface area contributed by atoms with Gasteiger partial charge in [-0.1, -0.05) is 18.2 Å². The summed E-state index contributed by atoms with van der Waals surface area (Å²) in [5, 5.41) is 25.0. The van der Waals surface area contributed by atoms with Gasteiger partial charge in [0.05, 0.1) is 12.1 Å². The molecule has 0 aliphatic heterocycles. The van der Waals surface area contributed by atoms with Crippen molar-refractivity contribution in [3.63, 3.8) is 0 Å². The van der Waals surface area contributed by atoms with E-state index in [1.165, 1.54) is 6.07 Å². The van der Waals surface area contributed by atoms with Crippen LogP contribution < -0.4 is 15.4 Å². The molecule has 0 saturated heterocycles. The molecule has 3 N–H and O–H groups in total. The average Bonchev–Trinajstić information content (AvgIpc) is 2.61. The number of benzene rings is 1. The molecular formula is C17H25FN6O2. The molecule has 0 fully saturated rings. The van der Waals surface area contributed by atoms with Crippen LogP contribution in [-0.2, 0) is 6.42 Å².